The van der Waals surface area contributed by atoms with Gasteiger partial charge in [-0.3, -0.25) is 4.79 Å². The third kappa shape index (κ3) is 3.95. The van der Waals surface area contributed by atoms with Crippen molar-refractivity contribution in [2.75, 3.05) is 13.1 Å². The number of unbranched alkanes of at least 4 members (excludes halogenated alkanes) is 1. The van der Waals surface area contributed by atoms with Crippen LogP contribution in [0.4, 0.5) is 0 Å². The molecule has 1 heterocycles. The monoisotopic (exact) mass is 244 g/mol. The van der Waals surface area contributed by atoms with Gasteiger partial charge in [0.25, 0.3) is 0 Å². The number of carbonyl (C=O) groups is 1. The Balaban J connectivity index is 2.44. The predicted octanol–water partition coefficient (Wildman–Crippen LogP) is -0.979. The first-order valence-electron chi connectivity index (χ1n) is 6.06. The average molecular weight is 244 g/mol. The Morgan fingerprint density at radius 3 is 2.65 bits per heavy atom. The molecule has 0 saturated carbocycles. The maximum Gasteiger partial charge on any atom is 0.451 e. The van der Waals surface area contributed by atoms with Crippen LogP contribution in [0.5, 0.6) is 0 Å². The molecule has 0 amide bonds. The SMILES string of the molecule is N[C@@](CCCCB(O)O)(C(=O)O)[C@@H]1CCNC1. The Morgan fingerprint density at radius 2 is 2.18 bits per heavy atom. The lowest BCUT2D eigenvalue weighted by Crippen LogP contribution is -2.54. The van der Waals surface area contributed by atoms with E-state index in [2.05, 4.69) is 5.32 Å². The quantitative estimate of drug-likeness (QED) is 0.290. The van der Waals surface area contributed by atoms with Crippen LogP contribution in [0.3, 0.4) is 0 Å². The molecule has 17 heavy (non-hydrogen) atoms. The third-order valence-corrected chi connectivity index (χ3v) is 3.49. The van der Waals surface area contributed by atoms with Gasteiger partial charge in [0.05, 0.1) is 0 Å². The van der Waals surface area contributed by atoms with Crippen LogP contribution >= 0.6 is 0 Å². The van der Waals surface area contributed by atoms with Crippen LogP contribution in [-0.4, -0.2) is 46.9 Å². The molecule has 0 spiro atoms. The molecule has 1 saturated heterocycles. The number of aliphatic carboxylic acids is 1. The fourth-order valence-electron chi connectivity index (χ4n) is 2.32. The van der Waals surface area contributed by atoms with E-state index in [1.165, 1.54) is 0 Å². The first kappa shape index (κ1) is 14.4. The summed E-state index contributed by atoms with van der Waals surface area (Å²) in [4.78, 5) is 11.3. The van der Waals surface area contributed by atoms with Crippen molar-refractivity contribution in [3.05, 3.63) is 0 Å². The Kier molecular flexibility index (Phi) is 5.39. The zero-order valence-electron chi connectivity index (χ0n) is 9.93. The van der Waals surface area contributed by atoms with Crippen LogP contribution in [0.15, 0.2) is 0 Å². The summed E-state index contributed by atoms with van der Waals surface area (Å²) in [6.45, 7) is 1.46. The summed E-state index contributed by atoms with van der Waals surface area (Å²) in [5, 5.41) is 29.8. The molecule has 1 aliphatic rings. The second kappa shape index (κ2) is 6.35. The molecule has 0 bridgehead atoms. The van der Waals surface area contributed by atoms with Gasteiger partial charge in [-0.1, -0.05) is 12.8 Å². The largest absolute Gasteiger partial charge is 0.480 e. The molecule has 7 heteroatoms. The van der Waals surface area contributed by atoms with Gasteiger partial charge in [0.2, 0.25) is 0 Å². The van der Waals surface area contributed by atoms with Crippen molar-refractivity contribution < 1.29 is 19.9 Å². The van der Waals surface area contributed by atoms with Crippen LogP contribution in [0.2, 0.25) is 6.32 Å². The molecule has 6 nitrogen and oxygen atoms in total. The summed E-state index contributed by atoms with van der Waals surface area (Å²) in [5.41, 5.74) is 4.81. The number of carboxylic acid groups (broad SMARTS) is 1. The topological polar surface area (TPSA) is 116 Å². The van der Waals surface area contributed by atoms with E-state index in [1.807, 2.05) is 0 Å². The highest BCUT2D eigenvalue weighted by Crippen LogP contribution is 2.27. The van der Waals surface area contributed by atoms with Crippen LogP contribution in [0.1, 0.15) is 25.7 Å². The van der Waals surface area contributed by atoms with E-state index >= 15 is 0 Å². The van der Waals surface area contributed by atoms with Crippen LogP contribution in [-0.2, 0) is 4.79 Å². The smallest absolute Gasteiger partial charge is 0.451 e. The van der Waals surface area contributed by atoms with Gasteiger partial charge in [-0.25, -0.2) is 0 Å². The molecule has 1 rings (SSSR count). The second-order valence-electron chi connectivity index (χ2n) is 4.76. The molecule has 2 atom stereocenters. The van der Waals surface area contributed by atoms with Gasteiger partial charge in [-0.15, -0.1) is 0 Å². The normalized spacial score (nSPS) is 23.4. The molecule has 98 valence electrons. The predicted molar refractivity (Wildman–Crippen MR) is 64.4 cm³/mol. The molecule has 6 N–H and O–H groups in total. The van der Waals surface area contributed by atoms with Crippen LogP contribution in [0, 0.1) is 5.92 Å². The van der Waals surface area contributed by atoms with Crippen molar-refractivity contribution in [3.63, 3.8) is 0 Å². The van der Waals surface area contributed by atoms with E-state index in [9.17, 15) is 9.90 Å². The van der Waals surface area contributed by atoms with Gasteiger partial charge < -0.3 is 26.2 Å². The fraction of sp³-hybridized carbons (Fsp3) is 0.900. The highest BCUT2D eigenvalue weighted by Gasteiger charge is 2.42. The molecule has 0 aromatic heterocycles. The second-order valence-corrected chi connectivity index (χ2v) is 4.76. The Morgan fingerprint density at radius 1 is 1.47 bits per heavy atom. The van der Waals surface area contributed by atoms with Crippen molar-refractivity contribution >= 4 is 13.1 Å². The molecule has 0 aliphatic carbocycles. The number of hydrogen-bond donors (Lipinski definition) is 5. The molecule has 1 aliphatic heterocycles. The molecule has 0 aromatic carbocycles. The molecule has 1 fully saturated rings. The zero-order valence-corrected chi connectivity index (χ0v) is 9.93. The van der Waals surface area contributed by atoms with Crippen molar-refractivity contribution in [3.8, 4) is 0 Å². The highest BCUT2D eigenvalue weighted by atomic mass is 16.4. The number of carboxylic acids is 1. The van der Waals surface area contributed by atoms with Gasteiger partial charge >= 0.3 is 13.1 Å². The molecule has 0 aromatic rings. The summed E-state index contributed by atoms with van der Waals surface area (Å²) < 4.78 is 0. The van der Waals surface area contributed by atoms with Crippen LogP contribution < -0.4 is 11.1 Å². The fourth-order valence-corrected chi connectivity index (χ4v) is 2.32. The van der Waals surface area contributed by atoms with E-state index in [0.717, 1.165) is 13.0 Å². The lowest BCUT2D eigenvalue weighted by atomic mass is 9.77. The molecule has 0 unspecified atom stereocenters. The average Bonchev–Trinajstić information content (AvgIpc) is 2.77. The Labute approximate surface area is 101 Å². The molecular formula is C10H21BN2O4. The number of nitrogens with one attached hydrogen (secondary N) is 1. The van der Waals surface area contributed by atoms with Gasteiger partial charge in [-0.05, 0) is 25.7 Å². The van der Waals surface area contributed by atoms with E-state index < -0.39 is 18.6 Å². The Bertz CT molecular complexity index is 259. The lowest BCUT2D eigenvalue weighted by Gasteiger charge is -2.30. The van der Waals surface area contributed by atoms with Crippen molar-refractivity contribution in [2.45, 2.75) is 37.5 Å². The lowest BCUT2D eigenvalue weighted by molar-refractivity contribution is -0.145. The maximum absolute atomic E-state index is 11.3. The Hall–Kier alpha value is -0.625. The van der Waals surface area contributed by atoms with Crippen molar-refractivity contribution in [1.82, 2.24) is 5.32 Å². The van der Waals surface area contributed by atoms with Gasteiger partial charge in [-0.2, -0.15) is 0 Å². The molecule has 0 radical (unpaired) electrons. The van der Waals surface area contributed by atoms with E-state index in [4.69, 9.17) is 15.8 Å². The van der Waals surface area contributed by atoms with E-state index in [-0.39, 0.29) is 12.2 Å². The maximum atomic E-state index is 11.3. The number of hydrogen-bond acceptors (Lipinski definition) is 5. The van der Waals surface area contributed by atoms with Gasteiger partial charge in [0.1, 0.15) is 5.54 Å². The van der Waals surface area contributed by atoms with E-state index in [1.54, 1.807) is 0 Å². The van der Waals surface area contributed by atoms with E-state index in [0.29, 0.717) is 25.8 Å². The first-order valence-corrected chi connectivity index (χ1v) is 6.06. The van der Waals surface area contributed by atoms with Crippen molar-refractivity contribution in [1.29, 1.82) is 0 Å². The summed E-state index contributed by atoms with van der Waals surface area (Å²) in [6.07, 6.45) is 2.59. The third-order valence-electron chi connectivity index (χ3n) is 3.49. The van der Waals surface area contributed by atoms with Gasteiger partial charge in [0.15, 0.2) is 0 Å². The minimum atomic E-state index is -1.32. The van der Waals surface area contributed by atoms with Crippen LogP contribution in [0.25, 0.3) is 0 Å². The standard InChI is InChI=1S/C10H21BN2O4/c12-10(9(14)15,8-3-6-13-7-8)4-1-2-5-11(16)17/h8,13,16-17H,1-7,12H2,(H,14,15)/t8-,10-/m1/s1. The minimum Gasteiger partial charge on any atom is -0.480 e. The van der Waals surface area contributed by atoms with Gasteiger partial charge in [0, 0.05) is 12.5 Å². The minimum absolute atomic E-state index is 0.0425. The zero-order chi connectivity index (χ0) is 12.9. The van der Waals surface area contributed by atoms with Crippen molar-refractivity contribution in [2.24, 2.45) is 11.7 Å². The summed E-state index contributed by atoms with van der Waals surface area (Å²) >= 11 is 0. The highest BCUT2D eigenvalue weighted by molar-refractivity contribution is 6.40. The first-order chi connectivity index (χ1) is 7.97. The summed E-state index contributed by atoms with van der Waals surface area (Å²) in [5.74, 6) is -1.00. The summed E-state index contributed by atoms with van der Waals surface area (Å²) in [7, 11) is -1.32. The molecular weight excluding hydrogens is 223 g/mol. The summed E-state index contributed by atoms with van der Waals surface area (Å²) in [6, 6.07) is 0. The number of rotatable bonds is 7. The number of nitrogens with two attached hydrogens (primary N) is 1.